The van der Waals surface area contributed by atoms with Crippen LogP contribution < -0.4 is 19.5 Å². The van der Waals surface area contributed by atoms with Crippen molar-refractivity contribution in [3.05, 3.63) is 48.0 Å². The maximum Gasteiger partial charge on any atom is 0.338 e. The fourth-order valence-corrected chi connectivity index (χ4v) is 4.45. The van der Waals surface area contributed by atoms with Crippen molar-refractivity contribution in [1.29, 1.82) is 0 Å². The number of carbonyl (C=O) groups excluding carboxylic acids is 2. The number of nitrogens with one attached hydrogen (secondary N) is 2. The number of rotatable bonds is 8. The van der Waals surface area contributed by atoms with Crippen LogP contribution in [-0.4, -0.2) is 59.4 Å². The number of fused-ring (bicyclic) bond motifs is 1. The second kappa shape index (κ2) is 10.1. The van der Waals surface area contributed by atoms with Crippen LogP contribution in [0.4, 0.5) is 5.69 Å². The molecule has 33 heavy (non-hydrogen) atoms. The van der Waals surface area contributed by atoms with Crippen molar-refractivity contribution < 1.29 is 37.0 Å². The summed E-state index contributed by atoms with van der Waals surface area (Å²) in [5.41, 5.74) is 0.444. The SMILES string of the molecule is O=C(COC(=O)c1ccc(NS(=O)(=O)c2ccc3c(c2)OCCO3)cc1)NC[C@@H]1CCCO1. The molecule has 0 spiro atoms. The van der Waals surface area contributed by atoms with Gasteiger partial charge in [0.05, 0.1) is 16.6 Å². The zero-order valence-electron chi connectivity index (χ0n) is 17.7. The Kier molecular flexibility index (Phi) is 6.99. The third-order valence-corrected chi connectivity index (χ3v) is 6.46. The van der Waals surface area contributed by atoms with Crippen LogP contribution >= 0.6 is 0 Å². The molecule has 1 amide bonds. The van der Waals surface area contributed by atoms with E-state index in [4.69, 9.17) is 18.9 Å². The van der Waals surface area contributed by atoms with Crippen molar-refractivity contribution in [2.45, 2.75) is 23.8 Å². The van der Waals surface area contributed by atoms with E-state index in [-0.39, 0.29) is 22.3 Å². The van der Waals surface area contributed by atoms with Crippen LogP contribution in [0.15, 0.2) is 47.4 Å². The molecule has 2 aromatic carbocycles. The minimum Gasteiger partial charge on any atom is -0.486 e. The van der Waals surface area contributed by atoms with Crippen molar-refractivity contribution in [3.8, 4) is 11.5 Å². The molecule has 2 aromatic rings. The van der Waals surface area contributed by atoms with Gasteiger partial charge in [-0.3, -0.25) is 9.52 Å². The average Bonchev–Trinajstić information content (AvgIpc) is 3.35. The molecule has 1 fully saturated rings. The number of carbonyl (C=O) groups is 2. The van der Waals surface area contributed by atoms with E-state index in [0.29, 0.717) is 37.9 Å². The molecule has 11 heteroatoms. The highest BCUT2D eigenvalue weighted by atomic mass is 32.2. The summed E-state index contributed by atoms with van der Waals surface area (Å²) in [4.78, 5) is 24.0. The van der Waals surface area contributed by atoms with E-state index in [9.17, 15) is 18.0 Å². The van der Waals surface area contributed by atoms with Gasteiger partial charge in [0, 0.05) is 24.9 Å². The van der Waals surface area contributed by atoms with E-state index in [1.54, 1.807) is 6.07 Å². The molecule has 0 aromatic heterocycles. The zero-order valence-corrected chi connectivity index (χ0v) is 18.6. The van der Waals surface area contributed by atoms with Crippen LogP contribution in [0, 0.1) is 0 Å². The van der Waals surface area contributed by atoms with E-state index in [2.05, 4.69) is 10.0 Å². The molecule has 2 heterocycles. The third kappa shape index (κ3) is 5.93. The summed E-state index contributed by atoms with van der Waals surface area (Å²) in [6.45, 7) is 1.42. The van der Waals surface area contributed by atoms with Crippen LogP contribution in [0.5, 0.6) is 11.5 Å². The molecule has 4 rings (SSSR count). The first-order valence-electron chi connectivity index (χ1n) is 10.5. The van der Waals surface area contributed by atoms with E-state index >= 15 is 0 Å². The highest BCUT2D eigenvalue weighted by molar-refractivity contribution is 7.92. The number of sulfonamides is 1. The third-order valence-electron chi connectivity index (χ3n) is 5.08. The molecule has 0 aliphatic carbocycles. The van der Waals surface area contributed by atoms with Gasteiger partial charge in [0.15, 0.2) is 18.1 Å². The summed E-state index contributed by atoms with van der Waals surface area (Å²) >= 11 is 0. The van der Waals surface area contributed by atoms with Gasteiger partial charge in [0.1, 0.15) is 13.2 Å². The zero-order chi connectivity index (χ0) is 23.3. The van der Waals surface area contributed by atoms with Crippen molar-refractivity contribution in [2.24, 2.45) is 0 Å². The Balaban J connectivity index is 1.30. The summed E-state index contributed by atoms with van der Waals surface area (Å²) in [7, 11) is -3.88. The first-order chi connectivity index (χ1) is 15.9. The smallest absolute Gasteiger partial charge is 0.338 e. The molecule has 10 nitrogen and oxygen atoms in total. The standard InChI is InChI=1S/C22H24N2O8S/c25-21(23-13-17-2-1-9-29-17)14-32-22(26)15-3-5-16(6-4-15)24-33(27,28)18-7-8-19-20(12-18)31-11-10-30-19/h3-8,12,17,24H,1-2,9-11,13-14H2,(H,23,25)/t17-/m0/s1. The molecule has 0 saturated carbocycles. The minimum absolute atomic E-state index is 0.00291. The lowest BCUT2D eigenvalue weighted by molar-refractivity contribution is -0.124. The van der Waals surface area contributed by atoms with Crippen molar-refractivity contribution in [3.63, 3.8) is 0 Å². The molecular formula is C22H24N2O8S. The van der Waals surface area contributed by atoms with E-state index in [0.717, 1.165) is 12.8 Å². The summed E-state index contributed by atoms with van der Waals surface area (Å²) < 4.78 is 49.1. The lowest BCUT2D eigenvalue weighted by atomic mass is 10.2. The number of benzene rings is 2. The highest BCUT2D eigenvalue weighted by Crippen LogP contribution is 2.32. The summed E-state index contributed by atoms with van der Waals surface area (Å²) in [5.74, 6) is -0.253. The largest absolute Gasteiger partial charge is 0.486 e. The monoisotopic (exact) mass is 476 g/mol. The maximum absolute atomic E-state index is 12.7. The van der Waals surface area contributed by atoms with Crippen molar-refractivity contribution in [2.75, 3.05) is 37.7 Å². The molecule has 1 atom stereocenters. The van der Waals surface area contributed by atoms with Crippen LogP contribution in [-0.2, 0) is 24.3 Å². The summed E-state index contributed by atoms with van der Waals surface area (Å²) in [6, 6.07) is 10.0. The molecule has 0 bridgehead atoms. The predicted molar refractivity (Wildman–Crippen MR) is 117 cm³/mol. The maximum atomic E-state index is 12.7. The number of ether oxygens (including phenoxy) is 4. The molecular weight excluding hydrogens is 452 g/mol. The molecule has 2 N–H and O–H groups in total. The van der Waals surface area contributed by atoms with Crippen molar-refractivity contribution in [1.82, 2.24) is 5.32 Å². The van der Waals surface area contributed by atoms with Gasteiger partial charge in [0.25, 0.3) is 15.9 Å². The van der Waals surface area contributed by atoms with Crippen LogP contribution in [0.3, 0.4) is 0 Å². The Hall–Kier alpha value is -3.31. The Labute approximate surface area is 191 Å². The normalized spacial score (nSPS) is 17.3. The van der Waals surface area contributed by atoms with Crippen molar-refractivity contribution >= 4 is 27.6 Å². The van der Waals surface area contributed by atoms with E-state index in [1.165, 1.54) is 36.4 Å². The van der Waals surface area contributed by atoms with Gasteiger partial charge in [-0.25, -0.2) is 13.2 Å². The quantitative estimate of drug-likeness (QED) is 0.551. The number of amides is 1. The minimum atomic E-state index is -3.88. The van der Waals surface area contributed by atoms with E-state index in [1.807, 2.05) is 0 Å². The number of hydrogen-bond acceptors (Lipinski definition) is 8. The van der Waals surface area contributed by atoms with Crippen LogP contribution in [0.25, 0.3) is 0 Å². The molecule has 2 aliphatic rings. The Bertz CT molecular complexity index is 1110. The Morgan fingerprint density at radius 2 is 1.76 bits per heavy atom. The van der Waals surface area contributed by atoms with Crippen LogP contribution in [0.2, 0.25) is 0 Å². The van der Waals surface area contributed by atoms with Gasteiger partial charge >= 0.3 is 5.97 Å². The molecule has 0 unspecified atom stereocenters. The fourth-order valence-electron chi connectivity index (χ4n) is 3.38. The van der Waals surface area contributed by atoms with E-state index < -0.39 is 28.5 Å². The predicted octanol–water partition coefficient (Wildman–Crippen LogP) is 1.71. The first-order valence-corrected chi connectivity index (χ1v) is 12.0. The number of hydrogen-bond donors (Lipinski definition) is 2. The molecule has 176 valence electrons. The summed E-state index contributed by atoms with van der Waals surface area (Å²) in [6.07, 6.45) is 1.87. The van der Waals surface area contributed by atoms with Crippen LogP contribution in [0.1, 0.15) is 23.2 Å². The van der Waals surface area contributed by atoms with Gasteiger partial charge in [-0.05, 0) is 49.2 Å². The van der Waals surface area contributed by atoms with Gasteiger partial charge in [-0.15, -0.1) is 0 Å². The Morgan fingerprint density at radius 1 is 1.00 bits per heavy atom. The Morgan fingerprint density at radius 3 is 2.48 bits per heavy atom. The second-order valence-corrected chi connectivity index (χ2v) is 9.19. The first kappa shape index (κ1) is 22.9. The number of esters is 1. The lowest BCUT2D eigenvalue weighted by Crippen LogP contribution is -2.34. The second-order valence-electron chi connectivity index (χ2n) is 7.50. The lowest BCUT2D eigenvalue weighted by Gasteiger charge is -2.19. The number of anilines is 1. The molecule has 1 saturated heterocycles. The topological polar surface area (TPSA) is 129 Å². The van der Waals surface area contributed by atoms with Gasteiger partial charge in [-0.2, -0.15) is 0 Å². The highest BCUT2D eigenvalue weighted by Gasteiger charge is 2.20. The average molecular weight is 477 g/mol. The fraction of sp³-hybridized carbons (Fsp3) is 0.364. The van der Waals surface area contributed by atoms with Gasteiger partial charge in [0.2, 0.25) is 0 Å². The summed E-state index contributed by atoms with van der Waals surface area (Å²) in [5, 5.41) is 2.67. The van der Waals surface area contributed by atoms with Gasteiger partial charge < -0.3 is 24.3 Å². The van der Waals surface area contributed by atoms with Gasteiger partial charge in [-0.1, -0.05) is 0 Å². The molecule has 2 aliphatic heterocycles. The molecule has 0 radical (unpaired) electrons.